The summed E-state index contributed by atoms with van der Waals surface area (Å²) in [6.07, 6.45) is 7.65. The second kappa shape index (κ2) is 9.91. The maximum Gasteiger partial charge on any atom is 0.315 e. The third-order valence-electron chi connectivity index (χ3n) is 5.98. The normalized spacial score (nSPS) is 27.4. The van der Waals surface area contributed by atoms with Crippen molar-refractivity contribution >= 4 is 16.1 Å². The van der Waals surface area contributed by atoms with Crippen LogP contribution in [0.4, 0.5) is 4.79 Å². The van der Waals surface area contributed by atoms with Crippen LogP contribution in [-0.4, -0.2) is 56.9 Å². The largest absolute Gasteiger partial charge is 0.378 e. The molecule has 1 saturated heterocycles. The summed E-state index contributed by atoms with van der Waals surface area (Å²) in [5.74, 6) is 0.689. The number of primary amides is 1. The maximum absolute atomic E-state index is 11.8. The summed E-state index contributed by atoms with van der Waals surface area (Å²) in [5, 5.41) is 0. The molecule has 0 spiro atoms. The lowest BCUT2D eigenvalue weighted by Crippen LogP contribution is -2.58. The zero-order valence-electron chi connectivity index (χ0n) is 17.1. The fraction of sp³-hybridized carbons (Fsp3) is 0.667. The summed E-state index contributed by atoms with van der Waals surface area (Å²) < 4.78 is 32.0. The maximum atomic E-state index is 11.8. The number of nitrogens with two attached hydrogens (primary N) is 1. The van der Waals surface area contributed by atoms with Crippen molar-refractivity contribution in [2.45, 2.75) is 63.1 Å². The van der Waals surface area contributed by atoms with Crippen LogP contribution < -0.4 is 10.5 Å². The van der Waals surface area contributed by atoms with Gasteiger partial charge in [0.1, 0.15) is 0 Å². The molecular formula is C21H33N3O4S. The zero-order valence-corrected chi connectivity index (χ0v) is 17.9. The molecule has 7 nitrogen and oxygen atoms in total. The Hall–Kier alpha value is -1.64. The molecule has 2 atom stereocenters. The average Bonchev–Trinajstić information content (AvgIpc) is 2.63. The van der Waals surface area contributed by atoms with Crippen molar-refractivity contribution in [2.75, 3.05) is 19.4 Å². The number of amides is 2. The van der Waals surface area contributed by atoms with Crippen molar-refractivity contribution in [2.24, 2.45) is 11.7 Å². The molecule has 3 N–H and O–H groups in total. The van der Waals surface area contributed by atoms with Gasteiger partial charge in [0, 0.05) is 25.2 Å². The van der Waals surface area contributed by atoms with E-state index < -0.39 is 16.1 Å². The zero-order chi connectivity index (χ0) is 20.9. The van der Waals surface area contributed by atoms with Gasteiger partial charge in [0.25, 0.3) is 0 Å². The van der Waals surface area contributed by atoms with Gasteiger partial charge in [0.2, 0.25) is 10.0 Å². The van der Waals surface area contributed by atoms with E-state index in [4.69, 9.17) is 10.5 Å². The van der Waals surface area contributed by atoms with Gasteiger partial charge in [-0.05, 0) is 56.4 Å². The van der Waals surface area contributed by atoms with E-state index in [0.29, 0.717) is 38.0 Å². The lowest BCUT2D eigenvalue weighted by Gasteiger charge is -2.40. The number of nitrogens with zero attached hydrogens (tertiary/aromatic N) is 1. The van der Waals surface area contributed by atoms with Gasteiger partial charge in [-0.25, -0.2) is 17.9 Å². The number of ether oxygens (including phenoxy) is 1. The Morgan fingerprint density at radius 1 is 1.28 bits per heavy atom. The topological polar surface area (TPSA) is 102 Å². The molecule has 1 aliphatic carbocycles. The highest BCUT2D eigenvalue weighted by molar-refractivity contribution is 7.88. The summed E-state index contributed by atoms with van der Waals surface area (Å²) in [5.41, 5.74) is 6.90. The van der Waals surface area contributed by atoms with Crippen LogP contribution in [0.3, 0.4) is 0 Å². The Kier molecular flexibility index (Phi) is 7.54. The van der Waals surface area contributed by atoms with Crippen molar-refractivity contribution in [3.8, 4) is 0 Å². The molecule has 1 heterocycles. The van der Waals surface area contributed by atoms with Crippen molar-refractivity contribution in [1.82, 2.24) is 9.62 Å². The summed E-state index contributed by atoms with van der Waals surface area (Å²) >= 11 is 0. The van der Waals surface area contributed by atoms with E-state index in [1.54, 1.807) is 4.90 Å². The number of hydrogen-bond acceptors (Lipinski definition) is 4. The Labute approximate surface area is 174 Å². The van der Waals surface area contributed by atoms with E-state index in [-0.39, 0.29) is 12.1 Å². The number of likely N-dealkylation sites (tertiary alicyclic amines) is 1. The minimum absolute atomic E-state index is 0.216. The second-order valence-corrected chi connectivity index (χ2v) is 10.2. The molecule has 0 radical (unpaired) electrons. The van der Waals surface area contributed by atoms with Gasteiger partial charge >= 0.3 is 6.03 Å². The van der Waals surface area contributed by atoms with Crippen LogP contribution in [0, 0.1) is 5.92 Å². The minimum Gasteiger partial charge on any atom is -0.378 e. The van der Waals surface area contributed by atoms with Gasteiger partial charge in [0.05, 0.1) is 12.4 Å². The first kappa shape index (κ1) is 22.1. The Balaban J connectivity index is 1.40. The van der Waals surface area contributed by atoms with Crippen molar-refractivity contribution in [1.29, 1.82) is 0 Å². The van der Waals surface area contributed by atoms with E-state index in [1.165, 1.54) is 5.56 Å². The number of sulfonamides is 1. The molecule has 8 heteroatoms. The first-order chi connectivity index (χ1) is 13.8. The second-order valence-electron chi connectivity index (χ2n) is 8.40. The highest BCUT2D eigenvalue weighted by Gasteiger charge is 2.35. The number of carbonyl (C=O) groups excluding carboxylic acids is 1. The lowest BCUT2D eigenvalue weighted by atomic mass is 9.78. The SMILES string of the molecule is CS(=O)(=O)N[C@H]1CCCN(C(N)=O)[C@H]1CCCO[C@H]1C[C@@H](Cc2ccccc2)C1. The number of urea groups is 1. The van der Waals surface area contributed by atoms with Crippen molar-refractivity contribution < 1.29 is 17.9 Å². The van der Waals surface area contributed by atoms with Crippen molar-refractivity contribution in [3.05, 3.63) is 35.9 Å². The monoisotopic (exact) mass is 423 g/mol. The van der Waals surface area contributed by atoms with E-state index in [2.05, 4.69) is 29.0 Å². The molecule has 2 aliphatic rings. The van der Waals surface area contributed by atoms with E-state index in [1.807, 2.05) is 6.07 Å². The highest BCUT2D eigenvalue weighted by Crippen LogP contribution is 2.33. The first-order valence-corrected chi connectivity index (χ1v) is 12.4. The van der Waals surface area contributed by atoms with Gasteiger partial charge < -0.3 is 15.4 Å². The third kappa shape index (κ3) is 6.69. The highest BCUT2D eigenvalue weighted by atomic mass is 32.2. The number of benzene rings is 1. The standard InChI is InChI=1S/C21H33N3O4S/c1-29(26,27)23-19-9-5-11-24(21(22)25)20(19)10-6-12-28-18-14-17(15-18)13-16-7-3-2-4-8-16/h2-4,7-8,17-20,23H,5-6,9-15H2,1H3,(H2,22,25)/t17-,18+,19-,20-/m0/s1. The van der Waals surface area contributed by atoms with Gasteiger partial charge in [0.15, 0.2) is 0 Å². The number of piperidine rings is 1. The predicted octanol–water partition coefficient (Wildman–Crippen LogP) is 2.27. The molecule has 0 aromatic heterocycles. The molecular weight excluding hydrogens is 390 g/mol. The number of rotatable bonds is 9. The fourth-order valence-electron chi connectivity index (χ4n) is 4.57. The molecule has 2 amide bonds. The third-order valence-corrected chi connectivity index (χ3v) is 6.72. The smallest absolute Gasteiger partial charge is 0.315 e. The molecule has 1 aliphatic heterocycles. The van der Waals surface area contributed by atoms with E-state index in [0.717, 1.165) is 38.4 Å². The average molecular weight is 424 g/mol. The van der Waals surface area contributed by atoms with Gasteiger partial charge in [-0.15, -0.1) is 0 Å². The Bertz CT molecular complexity index is 765. The van der Waals surface area contributed by atoms with Crippen LogP contribution in [0.25, 0.3) is 0 Å². The van der Waals surface area contributed by atoms with Crippen LogP contribution in [0.2, 0.25) is 0 Å². The molecule has 2 fully saturated rings. The Morgan fingerprint density at radius 3 is 2.66 bits per heavy atom. The summed E-state index contributed by atoms with van der Waals surface area (Å²) in [6, 6.07) is 9.55. The quantitative estimate of drug-likeness (QED) is 0.595. The molecule has 3 rings (SSSR count). The number of hydrogen-bond donors (Lipinski definition) is 2. The molecule has 1 aromatic rings. The van der Waals surface area contributed by atoms with Crippen LogP contribution in [0.1, 0.15) is 44.1 Å². The van der Waals surface area contributed by atoms with Crippen LogP contribution >= 0.6 is 0 Å². The molecule has 0 bridgehead atoms. The molecule has 162 valence electrons. The lowest BCUT2D eigenvalue weighted by molar-refractivity contribution is -0.0332. The number of carbonyl (C=O) groups is 1. The number of nitrogens with one attached hydrogen (secondary N) is 1. The van der Waals surface area contributed by atoms with E-state index in [9.17, 15) is 13.2 Å². The molecule has 0 unspecified atom stereocenters. The van der Waals surface area contributed by atoms with Gasteiger partial charge in [-0.1, -0.05) is 30.3 Å². The van der Waals surface area contributed by atoms with Crippen molar-refractivity contribution in [3.63, 3.8) is 0 Å². The molecule has 1 aromatic carbocycles. The fourth-order valence-corrected chi connectivity index (χ4v) is 5.39. The first-order valence-electron chi connectivity index (χ1n) is 10.5. The van der Waals surface area contributed by atoms with E-state index >= 15 is 0 Å². The summed E-state index contributed by atoms with van der Waals surface area (Å²) in [4.78, 5) is 13.4. The summed E-state index contributed by atoms with van der Waals surface area (Å²) in [7, 11) is -3.34. The predicted molar refractivity (Wildman–Crippen MR) is 113 cm³/mol. The minimum atomic E-state index is -3.34. The molecule has 29 heavy (non-hydrogen) atoms. The van der Waals surface area contributed by atoms with Gasteiger partial charge in [-0.3, -0.25) is 0 Å². The van der Waals surface area contributed by atoms with Crippen LogP contribution in [0.5, 0.6) is 0 Å². The molecule has 1 saturated carbocycles. The van der Waals surface area contributed by atoms with Gasteiger partial charge in [-0.2, -0.15) is 0 Å². The summed E-state index contributed by atoms with van der Waals surface area (Å²) in [6.45, 7) is 1.20. The Morgan fingerprint density at radius 2 is 2.00 bits per heavy atom. The van der Waals surface area contributed by atoms with Crippen LogP contribution in [-0.2, 0) is 21.2 Å². The van der Waals surface area contributed by atoms with Crippen LogP contribution in [0.15, 0.2) is 30.3 Å².